The third-order valence-corrected chi connectivity index (χ3v) is 5.31. The van der Waals surface area contributed by atoms with Crippen molar-refractivity contribution >= 4 is 17.3 Å². The monoisotopic (exact) mass is 339 g/mol. The molecule has 1 aliphatic heterocycles. The van der Waals surface area contributed by atoms with Gasteiger partial charge in [-0.3, -0.25) is 14.6 Å². The van der Waals surface area contributed by atoms with Crippen LogP contribution in [-0.2, 0) is 16.8 Å². The van der Waals surface area contributed by atoms with Gasteiger partial charge in [0.2, 0.25) is 0 Å². The molecule has 1 aliphatic rings. The number of rotatable bonds is 5. The van der Waals surface area contributed by atoms with Crippen molar-refractivity contribution in [3.63, 3.8) is 0 Å². The van der Waals surface area contributed by atoms with Gasteiger partial charge in [0.25, 0.3) is 0 Å². The van der Waals surface area contributed by atoms with Crippen LogP contribution in [-0.4, -0.2) is 58.6 Å². The highest BCUT2D eigenvalue weighted by atomic mass is 32.1. The third kappa shape index (κ3) is 5.55. The summed E-state index contributed by atoms with van der Waals surface area (Å²) in [5.74, 6) is -0.744. The number of aromatic nitrogens is 1. The van der Waals surface area contributed by atoms with Crippen LogP contribution in [0.2, 0.25) is 0 Å². The molecule has 0 aromatic carbocycles. The highest BCUT2D eigenvalue weighted by molar-refractivity contribution is 7.09. The standard InChI is InChI=1S/C17H29N3O2S/c1-17(2,3)14-12-23-15(18-14)10-20-8-5-6-13(7-9-20)19(4)11-16(21)22/h12-13H,5-11H2,1-4H3,(H,21,22). The molecule has 130 valence electrons. The van der Waals surface area contributed by atoms with Crippen LogP contribution < -0.4 is 0 Å². The molecule has 23 heavy (non-hydrogen) atoms. The maximum Gasteiger partial charge on any atom is 0.317 e. The molecule has 0 bridgehead atoms. The Balaban J connectivity index is 1.88. The van der Waals surface area contributed by atoms with Crippen LogP contribution in [0.3, 0.4) is 0 Å². The molecule has 6 heteroatoms. The highest BCUT2D eigenvalue weighted by Crippen LogP contribution is 2.25. The van der Waals surface area contributed by atoms with E-state index in [1.54, 1.807) is 11.3 Å². The van der Waals surface area contributed by atoms with Crippen molar-refractivity contribution in [2.45, 2.75) is 58.0 Å². The van der Waals surface area contributed by atoms with Crippen molar-refractivity contribution in [3.8, 4) is 0 Å². The first-order chi connectivity index (χ1) is 10.8. The number of carboxylic acid groups (broad SMARTS) is 1. The minimum atomic E-state index is -0.744. The van der Waals surface area contributed by atoms with Gasteiger partial charge < -0.3 is 5.11 Å². The largest absolute Gasteiger partial charge is 0.480 e. The van der Waals surface area contributed by atoms with E-state index in [0.717, 1.165) is 38.9 Å². The first kappa shape index (κ1) is 18.4. The van der Waals surface area contributed by atoms with Crippen molar-refractivity contribution in [1.29, 1.82) is 0 Å². The van der Waals surface area contributed by atoms with E-state index in [9.17, 15) is 4.79 Å². The topological polar surface area (TPSA) is 56.7 Å². The fraction of sp³-hybridized carbons (Fsp3) is 0.765. The molecule has 0 spiro atoms. The third-order valence-electron chi connectivity index (χ3n) is 4.48. The zero-order chi connectivity index (χ0) is 17.0. The number of hydrogen-bond donors (Lipinski definition) is 1. The predicted octanol–water partition coefficient (Wildman–Crippen LogP) is 2.81. The highest BCUT2D eigenvalue weighted by Gasteiger charge is 2.23. The van der Waals surface area contributed by atoms with Crippen molar-refractivity contribution in [1.82, 2.24) is 14.8 Å². The van der Waals surface area contributed by atoms with E-state index in [1.165, 1.54) is 10.7 Å². The lowest BCUT2D eigenvalue weighted by Crippen LogP contribution is -2.36. The molecular weight excluding hydrogens is 310 g/mol. The fourth-order valence-corrected chi connectivity index (χ4v) is 4.06. The number of nitrogens with zero attached hydrogens (tertiary/aromatic N) is 3. The molecule has 1 fully saturated rings. The summed E-state index contributed by atoms with van der Waals surface area (Å²) >= 11 is 1.75. The van der Waals surface area contributed by atoms with E-state index in [1.807, 2.05) is 11.9 Å². The normalized spacial score (nSPS) is 20.7. The Bertz CT molecular complexity index is 524. The fourth-order valence-electron chi connectivity index (χ4n) is 3.00. The van der Waals surface area contributed by atoms with Gasteiger partial charge in [0, 0.05) is 23.4 Å². The molecule has 5 nitrogen and oxygen atoms in total. The SMILES string of the molecule is CN(CC(=O)O)C1CCCN(Cc2nc(C(C)(C)C)cs2)CC1. The summed E-state index contributed by atoms with van der Waals surface area (Å²) in [5.41, 5.74) is 1.28. The molecule has 2 rings (SSSR count). The molecule has 1 aromatic rings. The number of hydrogen-bond acceptors (Lipinski definition) is 5. The molecule has 0 saturated carbocycles. The average Bonchev–Trinajstić information content (AvgIpc) is 2.77. The van der Waals surface area contributed by atoms with Crippen molar-refractivity contribution in [2.75, 3.05) is 26.7 Å². The Labute approximate surface area is 143 Å². The number of thiazole rings is 1. The molecule has 0 radical (unpaired) electrons. The average molecular weight is 340 g/mol. The van der Waals surface area contributed by atoms with Gasteiger partial charge >= 0.3 is 5.97 Å². The Kier molecular flexibility index (Phi) is 6.17. The summed E-state index contributed by atoms with van der Waals surface area (Å²) < 4.78 is 0. The second-order valence-electron chi connectivity index (χ2n) is 7.55. The van der Waals surface area contributed by atoms with Crippen LogP contribution >= 0.6 is 11.3 Å². The lowest BCUT2D eigenvalue weighted by Gasteiger charge is -2.25. The minimum absolute atomic E-state index is 0.109. The van der Waals surface area contributed by atoms with Gasteiger partial charge in [-0.25, -0.2) is 4.98 Å². The summed E-state index contributed by atoms with van der Waals surface area (Å²) in [6, 6.07) is 0.373. The van der Waals surface area contributed by atoms with Gasteiger partial charge in [0.05, 0.1) is 18.8 Å². The number of likely N-dealkylation sites (tertiary alicyclic amines) is 1. The van der Waals surface area contributed by atoms with Crippen LogP contribution in [0, 0.1) is 0 Å². The molecular formula is C17H29N3O2S. The van der Waals surface area contributed by atoms with E-state index in [4.69, 9.17) is 10.1 Å². The smallest absolute Gasteiger partial charge is 0.317 e. The molecule has 1 unspecified atom stereocenters. The minimum Gasteiger partial charge on any atom is -0.480 e. The van der Waals surface area contributed by atoms with Gasteiger partial charge in [-0.15, -0.1) is 11.3 Å². The van der Waals surface area contributed by atoms with Crippen molar-refractivity contribution in [2.24, 2.45) is 0 Å². The van der Waals surface area contributed by atoms with Crippen LogP contribution in [0.15, 0.2) is 5.38 Å². The zero-order valence-corrected chi connectivity index (χ0v) is 15.5. The molecule has 0 aliphatic carbocycles. The molecule has 1 aromatic heterocycles. The van der Waals surface area contributed by atoms with Crippen LogP contribution in [0.25, 0.3) is 0 Å². The Hall–Kier alpha value is -0.980. The number of aliphatic carboxylic acids is 1. The van der Waals surface area contributed by atoms with E-state index >= 15 is 0 Å². The Morgan fingerprint density at radius 1 is 1.43 bits per heavy atom. The summed E-state index contributed by atoms with van der Waals surface area (Å²) in [4.78, 5) is 20.1. The summed E-state index contributed by atoms with van der Waals surface area (Å²) in [5, 5.41) is 12.3. The van der Waals surface area contributed by atoms with Crippen molar-refractivity contribution < 1.29 is 9.90 Å². The van der Waals surface area contributed by atoms with E-state index in [0.29, 0.717) is 6.04 Å². The number of likely N-dealkylation sites (N-methyl/N-ethyl adjacent to an activating group) is 1. The van der Waals surface area contributed by atoms with Gasteiger partial charge in [-0.1, -0.05) is 20.8 Å². The molecule has 0 amide bonds. The molecule has 1 saturated heterocycles. The van der Waals surface area contributed by atoms with Crippen molar-refractivity contribution in [3.05, 3.63) is 16.1 Å². The maximum atomic E-state index is 10.9. The Morgan fingerprint density at radius 3 is 2.78 bits per heavy atom. The molecule has 2 heterocycles. The number of carboxylic acids is 1. The van der Waals surface area contributed by atoms with E-state index < -0.39 is 5.97 Å². The maximum absolute atomic E-state index is 10.9. The van der Waals surface area contributed by atoms with Crippen LogP contribution in [0.4, 0.5) is 0 Å². The number of carbonyl (C=O) groups is 1. The molecule has 1 N–H and O–H groups in total. The van der Waals surface area contributed by atoms with Gasteiger partial charge in [-0.05, 0) is 32.9 Å². The summed E-state index contributed by atoms with van der Waals surface area (Å²) in [6.45, 7) is 9.71. The lowest BCUT2D eigenvalue weighted by molar-refractivity contribution is -0.138. The van der Waals surface area contributed by atoms with Gasteiger partial charge in [-0.2, -0.15) is 0 Å². The second kappa shape index (κ2) is 7.73. The first-order valence-corrected chi connectivity index (χ1v) is 9.23. The zero-order valence-electron chi connectivity index (χ0n) is 14.7. The molecule has 1 atom stereocenters. The van der Waals surface area contributed by atoms with E-state index in [2.05, 4.69) is 31.1 Å². The summed E-state index contributed by atoms with van der Waals surface area (Å²) in [7, 11) is 1.92. The van der Waals surface area contributed by atoms with E-state index in [-0.39, 0.29) is 12.0 Å². The summed E-state index contributed by atoms with van der Waals surface area (Å²) in [6.07, 6.45) is 3.22. The van der Waals surface area contributed by atoms with Crippen LogP contribution in [0.1, 0.15) is 50.7 Å². The quantitative estimate of drug-likeness (QED) is 0.894. The second-order valence-corrected chi connectivity index (χ2v) is 8.49. The first-order valence-electron chi connectivity index (χ1n) is 8.35. The van der Waals surface area contributed by atoms with Crippen LogP contribution in [0.5, 0.6) is 0 Å². The predicted molar refractivity (Wildman–Crippen MR) is 94.0 cm³/mol. The Morgan fingerprint density at radius 2 is 2.17 bits per heavy atom. The lowest BCUT2D eigenvalue weighted by atomic mass is 9.93. The van der Waals surface area contributed by atoms with Gasteiger partial charge in [0.15, 0.2) is 0 Å². The van der Waals surface area contributed by atoms with Gasteiger partial charge in [0.1, 0.15) is 5.01 Å².